The van der Waals surface area contributed by atoms with Crippen molar-refractivity contribution in [2.24, 2.45) is 0 Å². The molecule has 0 unspecified atom stereocenters. The minimum absolute atomic E-state index is 0.861. The lowest BCUT2D eigenvalue weighted by Gasteiger charge is -2.27. The maximum Gasteiger partial charge on any atom is 0.159 e. The van der Waals surface area contributed by atoms with Crippen LogP contribution in [0.25, 0.3) is 86.3 Å². The molecule has 3 heteroatoms. The number of benzene rings is 9. The van der Waals surface area contributed by atoms with E-state index in [0.29, 0.717) is 0 Å². The molecule has 9 aromatic carbocycles. The summed E-state index contributed by atoms with van der Waals surface area (Å²) in [5, 5.41) is 7.28. The van der Waals surface area contributed by atoms with Gasteiger partial charge in [-0.1, -0.05) is 140 Å². The first-order valence-corrected chi connectivity index (χ1v) is 19.5. The summed E-state index contributed by atoms with van der Waals surface area (Å²) in [7, 11) is 0. The van der Waals surface area contributed by atoms with Crippen molar-refractivity contribution in [3.05, 3.63) is 200 Å². The molecule has 0 amide bonds. The van der Waals surface area contributed by atoms with Crippen LogP contribution in [-0.4, -0.2) is 0 Å². The van der Waals surface area contributed by atoms with Crippen LogP contribution >= 0.6 is 11.3 Å². The lowest BCUT2D eigenvalue weighted by Crippen LogP contribution is -2.10. The van der Waals surface area contributed by atoms with Gasteiger partial charge in [0.05, 0.1) is 5.69 Å². The lowest BCUT2D eigenvalue weighted by molar-refractivity contribution is 0.669. The smallest absolute Gasteiger partial charge is 0.159 e. The van der Waals surface area contributed by atoms with E-state index in [1.165, 1.54) is 53.2 Å². The zero-order chi connectivity index (χ0) is 36.3. The summed E-state index contributed by atoms with van der Waals surface area (Å²) < 4.78 is 9.33. The minimum atomic E-state index is 0.861. The van der Waals surface area contributed by atoms with Gasteiger partial charge >= 0.3 is 0 Å². The van der Waals surface area contributed by atoms with Gasteiger partial charge in [-0.25, -0.2) is 0 Å². The second-order valence-electron chi connectivity index (χ2n) is 14.1. The van der Waals surface area contributed by atoms with E-state index in [1.54, 1.807) is 0 Å². The van der Waals surface area contributed by atoms with E-state index < -0.39 is 0 Å². The van der Waals surface area contributed by atoms with Crippen LogP contribution in [0.5, 0.6) is 0 Å². The van der Waals surface area contributed by atoms with E-state index in [1.807, 2.05) is 17.4 Å². The van der Waals surface area contributed by atoms with Crippen molar-refractivity contribution < 1.29 is 4.42 Å². The summed E-state index contributed by atoms with van der Waals surface area (Å²) in [6.07, 6.45) is 0. The first-order chi connectivity index (χ1) is 27.2. The van der Waals surface area contributed by atoms with Crippen molar-refractivity contribution in [1.29, 1.82) is 0 Å². The Morgan fingerprint density at radius 3 is 1.89 bits per heavy atom. The standard InChI is InChI=1S/C52H33NOS/c1-2-12-34(13-3-1)38-30-39(37-26-29-51-47(33-37)45-18-7-9-23-50(45)55-51)32-41(31-38)53(48-21-11-20-46-44-17-6-8-22-49(44)54-52(46)48)40-27-24-36(25-28-40)43-19-10-15-35-14-4-5-16-42(35)43/h1-33H. The highest BCUT2D eigenvalue weighted by Gasteiger charge is 2.21. The lowest BCUT2D eigenvalue weighted by atomic mass is 9.96. The van der Waals surface area contributed by atoms with Gasteiger partial charge in [0.1, 0.15) is 5.58 Å². The number of para-hydroxylation sites is 2. The molecule has 0 radical (unpaired) electrons. The highest BCUT2D eigenvalue weighted by atomic mass is 32.1. The zero-order valence-corrected chi connectivity index (χ0v) is 30.6. The molecule has 0 saturated carbocycles. The molecule has 55 heavy (non-hydrogen) atoms. The second-order valence-corrected chi connectivity index (χ2v) is 15.2. The molecule has 0 aliphatic heterocycles. The van der Waals surface area contributed by atoms with Crippen molar-refractivity contribution in [1.82, 2.24) is 0 Å². The van der Waals surface area contributed by atoms with Gasteiger partial charge in [-0.05, 0) is 105 Å². The molecule has 0 spiro atoms. The van der Waals surface area contributed by atoms with Crippen LogP contribution in [0.1, 0.15) is 0 Å². The van der Waals surface area contributed by atoms with Crippen molar-refractivity contribution in [2.75, 3.05) is 4.90 Å². The number of hydrogen-bond donors (Lipinski definition) is 0. The number of thiophene rings is 1. The Morgan fingerprint density at radius 1 is 0.364 bits per heavy atom. The summed E-state index contributed by atoms with van der Waals surface area (Å²) in [4.78, 5) is 2.37. The fourth-order valence-corrected chi connectivity index (χ4v) is 9.30. The summed E-state index contributed by atoms with van der Waals surface area (Å²) in [6.45, 7) is 0. The second kappa shape index (κ2) is 12.9. The van der Waals surface area contributed by atoms with Crippen molar-refractivity contribution in [3.8, 4) is 33.4 Å². The first-order valence-electron chi connectivity index (χ1n) is 18.7. The molecule has 258 valence electrons. The molecule has 0 N–H and O–H groups in total. The number of nitrogens with zero attached hydrogens (tertiary/aromatic N) is 1. The van der Waals surface area contributed by atoms with Gasteiger partial charge in [0, 0.05) is 42.3 Å². The Labute approximate surface area is 322 Å². The number of rotatable bonds is 6. The Bertz CT molecular complexity index is 3200. The molecule has 0 saturated heterocycles. The minimum Gasteiger partial charge on any atom is -0.454 e. The molecule has 2 nitrogen and oxygen atoms in total. The molecule has 11 rings (SSSR count). The molecular weight excluding hydrogens is 687 g/mol. The molecule has 0 aliphatic carbocycles. The third-order valence-corrected chi connectivity index (χ3v) is 12.0. The highest BCUT2D eigenvalue weighted by molar-refractivity contribution is 7.25. The maximum absolute atomic E-state index is 6.72. The molecule has 2 aromatic heterocycles. The summed E-state index contributed by atoms with van der Waals surface area (Å²) >= 11 is 1.85. The zero-order valence-electron chi connectivity index (χ0n) is 29.8. The topological polar surface area (TPSA) is 16.4 Å². The Kier molecular flexibility index (Phi) is 7.39. The monoisotopic (exact) mass is 719 g/mol. The molecular formula is C52H33NOS. The van der Waals surface area contributed by atoms with Gasteiger partial charge < -0.3 is 9.32 Å². The van der Waals surface area contributed by atoms with Crippen LogP contribution in [0, 0.1) is 0 Å². The molecule has 0 bridgehead atoms. The average molecular weight is 720 g/mol. The average Bonchev–Trinajstić information content (AvgIpc) is 3.83. The Morgan fingerprint density at radius 2 is 1.02 bits per heavy atom. The Hall–Kier alpha value is -6.94. The van der Waals surface area contributed by atoms with E-state index >= 15 is 0 Å². The van der Waals surface area contributed by atoms with Gasteiger partial charge in [0.25, 0.3) is 0 Å². The van der Waals surface area contributed by atoms with Gasteiger partial charge in [-0.2, -0.15) is 0 Å². The van der Waals surface area contributed by atoms with Crippen LogP contribution in [0.4, 0.5) is 17.1 Å². The molecule has 0 atom stereocenters. The number of fused-ring (bicyclic) bond motifs is 7. The number of hydrogen-bond acceptors (Lipinski definition) is 3. The molecule has 0 fully saturated rings. The quantitative estimate of drug-likeness (QED) is 0.170. The Balaban J connectivity index is 1.15. The largest absolute Gasteiger partial charge is 0.454 e. The summed E-state index contributed by atoms with van der Waals surface area (Å²) in [6, 6.07) is 72.3. The van der Waals surface area contributed by atoms with Gasteiger partial charge in [-0.3, -0.25) is 0 Å². The van der Waals surface area contributed by atoms with Gasteiger partial charge in [-0.15, -0.1) is 11.3 Å². The summed E-state index contributed by atoms with van der Waals surface area (Å²) in [5.74, 6) is 0. The predicted molar refractivity (Wildman–Crippen MR) is 235 cm³/mol. The third-order valence-electron chi connectivity index (χ3n) is 10.8. The van der Waals surface area contributed by atoms with E-state index in [-0.39, 0.29) is 0 Å². The van der Waals surface area contributed by atoms with Crippen LogP contribution in [0.3, 0.4) is 0 Å². The maximum atomic E-state index is 6.72. The predicted octanol–water partition coefficient (Wildman–Crippen LogP) is 15.6. The molecule has 11 aromatic rings. The SMILES string of the molecule is c1ccc(-c2cc(-c3ccc4sc5ccccc5c4c3)cc(N(c3ccc(-c4cccc5ccccc45)cc3)c3cccc4c3oc3ccccc34)c2)cc1. The van der Waals surface area contributed by atoms with Gasteiger partial charge in [0.2, 0.25) is 0 Å². The van der Waals surface area contributed by atoms with Crippen molar-refractivity contribution >= 4 is 81.3 Å². The van der Waals surface area contributed by atoms with E-state index in [2.05, 4.69) is 199 Å². The number of furan rings is 1. The van der Waals surface area contributed by atoms with E-state index in [0.717, 1.165) is 50.1 Å². The third kappa shape index (κ3) is 5.40. The molecule has 0 aliphatic rings. The first kappa shape index (κ1) is 31.6. The normalized spacial score (nSPS) is 11.6. The fourth-order valence-electron chi connectivity index (χ4n) is 8.21. The van der Waals surface area contributed by atoms with E-state index in [9.17, 15) is 0 Å². The van der Waals surface area contributed by atoms with Crippen molar-refractivity contribution in [2.45, 2.75) is 0 Å². The highest BCUT2D eigenvalue weighted by Crippen LogP contribution is 2.45. The summed E-state index contributed by atoms with van der Waals surface area (Å²) in [5.41, 5.74) is 11.9. The van der Waals surface area contributed by atoms with Crippen LogP contribution in [-0.2, 0) is 0 Å². The number of anilines is 3. The fraction of sp³-hybridized carbons (Fsp3) is 0. The van der Waals surface area contributed by atoms with Crippen LogP contribution in [0.15, 0.2) is 205 Å². The van der Waals surface area contributed by atoms with Gasteiger partial charge in [0.15, 0.2) is 5.58 Å². The van der Waals surface area contributed by atoms with Crippen molar-refractivity contribution in [3.63, 3.8) is 0 Å². The van der Waals surface area contributed by atoms with Crippen LogP contribution in [0.2, 0.25) is 0 Å². The van der Waals surface area contributed by atoms with Crippen LogP contribution < -0.4 is 4.90 Å². The van der Waals surface area contributed by atoms with E-state index in [4.69, 9.17) is 4.42 Å². The molecule has 2 heterocycles.